The second kappa shape index (κ2) is 17.4. The lowest BCUT2D eigenvalue weighted by molar-refractivity contribution is -0.192. The van der Waals surface area contributed by atoms with Gasteiger partial charge in [0.05, 0.1) is 0 Å². The van der Waals surface area contributed by atoms with Crippen LogP contribution in [0.3, 0.4) is 0 Å². The highest BCUT2D eigenvalue weighted by molar-refractivity contribution is 6.02. The van der Waals surface area contributed by atoms with E-state index in [1.54, 1.807) is 45.0 Å². The number of amides is 4. The molecule has 0 spiro atoms. The second-order valence-corrected chi connectivity index (χ2v) is 11.1. The zero-order valence-electron chi connectivity index (χ0n) is 25.7. The van der Waals surface area contributed by atoms with Gasteiger partial charge in [0.25, 0.3) is 0 Å². The Morgan fingerprint density at radius 1 is 0.956 bits per heavy atom. The molecule has 0 fully saturated rings. The third-order valence-electron chi connectivity index (χ3n) is 6.02. The van der Waals surface area contributed by atoms with E-state index in [-0.39, 0.29) is 31.2 Å². The molecule has 12 N–H and O–H groups in total. The first-order valence-corrected chi connectivity index (χ1v) is 13.4. The summed E-state index contributed by atoms with van der Waals surface area (Å²) in [7, 11) is 3.07. The summed E-state index contributed by atoms with van der Waals surface area (Å²) in [6, 6.07) is 4.57. The second-order valence-electron chi connectivity index (χ2n) is 11.1. The van der Waals surface area contributed by atoms with E-state index in [1.807, 2.05) is 0 Å². The molecule has 1 rings (SSSR count). The summed E-state index contributed by atoms with van der Waals surface area (Å²) in [6.07, 6.45) is -4.44. The Balaban J connectivity index is 0.00000246. The zero-order valence-corrected chi connectivity index (χ0v) is 25.7. The van der Waals surface area contributed by atoms with E-state index in [1.165, 1.54) is 19.0 Å². The van der Waals surface area contributed by atoms with E-state index in [2.05, 4.69) is 15.6 Å². The fourth-order valence-electron chi connectivity index (χ4n) is 3.62. The molecule has 0 aromatic heterocycles. The minimum atomic E-state index is -5.08. The van der Waals surface area contributed by atoms with Gasteiger partial charge >= 0.3 is 12.1 Å². The number of amidine groups is 1. The highest BCUT2D eigenvalue weighted by atomic mass is 19.4. The molecule has 4 amide bonds. The highest BCUT2D eigenvalue weighted by Gasteiger charge is 2.39. The van der Waals surface area contributed by atoms with E-state index in [0.29, 0.717) is 17.5 Å². The summed E-state index contributed by atoms with van der Waals surface area (Å²) in [6.45, 7) is 5.50. The van der Waals surface area contributed by atoms with Crippen LogP contribution in [0.2, 0.25) is 0 Å². The number of nitrogen functional groups attached to an aromatic ring is 1. The number of halogens is 3. The molecule has 252 valence electrons. The lowest BCUT2D eigenvalue weighted by Crippen LogP contribution is -2.59. The minimum Gasteiger partial charge on any atom is -0.475 e. The molecular formula is C27H42F3N9O6. The number of nitrogens with two attached hydrogens (primary N) is 4. The molecule has 0 saturated heterocycles. The van der Waals surface area contributed by atoms with Crippen LogP contribution in [0.15, 0.2) is 29.3 Å². The molecule has 0 bridgehead atoms. The molecule has 0 heterocycles. The van der Waals surface area contributed by atoms with Gasteiger partial charge in [0.15, 0.2) is 5.96 Å². The molecule has 45 heavy (non-hydrogen) atoms. The van der Waals surface area contributed by atoms with Crippen LogP contribution in [0.5, 0.6) is 0 Å². The number of carbonyl (C=O) groups is 5. The fraction of sp³-hybridized carbons (Fsp3) is 0.519. The molecular weight excluding hydrogens is 603 g/mol. The average molecular weight is 646 g/mol. The number of carboxylic acids is 1. The third-order valence-corrected chi connectivity index (χ3v) is 6.02. The van der Waals surface area contributed by atoms with Crippen LogP contribution in [-0.4, -0.2) is 90.3 Å². The molecule has 1 aromatic carbocycles. The molecule has 15 nitrogen and oxygen atoms in total. The molecule has 0 aliphatic rings. The van der Waals surface area contributed by atoms with Crippen LogP contribution in [0, 0.1) is 16.7 Å². The Morgan fingerprint density at radius 2 is 1.47 bits per heavy atom. The maximum absolute atomic E-state index is 13.4. The number of nitrogens with one attached hydrogen (secondary N) is 3. The van der Waals surface area contributed by atoms with Crippen LogP contribution in [0.1, 0.15) is 44.7 Å². The van der Waals surface area contributed by atoms with Gasteiger partial charge in [0, 0.05) is 26.2 Å². The van der Waals surface area contributed by atoms with Crippen LogP contribution >= 0.6 is 0 Å². The molecule has 1 aromatic rings. The summed E-state index contributed by atoms with van der Waals surface area (Å²) in [5.74, 6) is -6.50. The number of carbonyl (C=O) groups excluding carboxylic acids is 4. The number of carboxylic acid groups (broad SMARTS) is 1. The monoisotopic (exact) mass is 645 g/mol. The SMILES string of the molecule is CN(C)C(=O)C(Cc1ccc(C(=N)N)cc1)C(=O)NC(C(=O)N[C@@H](CCCN=C(N)N)C(N)=O)C(C)(C)C.O=C(O)C(F)(F)F. The lowest BCUT2D eigenvalue weighted by atomic mass is 9.85. The van der Waals surface area contributed by atoms with Crippen molar-refractivity contribution in [1.82, 2.24) is 15.5 Å². The average Bonchev–Trinajstić information content (AvgIpc) is 2.90. The Kier molecular flexibility index (Phi) is 15.5. The summed E-state index contributed by atoms with van der Waals surface area (Å²) in [5, 5.41) is 20.0. The number of hydrogen-bond donors (Lipinski definition) is 8. The van der Waals surface area contributed by atoms with E-state index in [4.69, 9.17) is 38.2 Å². The molecule has 0 aliphatic carbocycles. The quantitative estimate of drug-likeness (QED) is 0.0588. The lowest BCUT2D eigenvalue weighted by Gasteiger charge is -2.33. The van der Waals surface area contributed by atoms with Crippen LogP contribution < -0.4 is 33.6 Å². The van der Waals surface area contributed by atoms with Crippen LogP contribution in [-0.2, 0) is 30.4 Å². The number of primary amides is 1. The highest BCUT2D eigenvalue weighted by Crippen LogP contribution is 2.22. The number of aliphatic carboxylic acids is 1. The van der Waals surface area contributed by atoms with Gasteiger partial charge in [0.1, 0.15) is 23.8 Å². The summed E-state index contributed by atoms with van der Waals surface area (Å²) < 4.78 is 31.7. The summed E-state index contributed by atoms with van der Waals surface area (Å²) in [4.78, 5) is 65.6. The van der Waals surface area contributed by atoms with Crippen LogP contribution in [0.4, 0.5) is 13.2 Å². The Bertz CT molecular complexity index is 1240. The maximum atomic E-state index is 13.4. The normalized spacial score (nSPS) is 13.1. The number of rotatable bonds is 13. The van der Waals surface area contributed by atoms with E-state index < -0.39 is 59.2 Å². The number of guanidine groups is 1. The van der Waals surface area contributed by atoms with Gasteiger partial charge in [-0.3, -0.25) is 29.6 Å². The number of benzene rings is 1. The standard InChI is InChI=1S/C25H41N9O4.C2HF3O2/c1-25(2,3)18(22(37)32-17(20(28)35)7-6-12-31-24(29)30)33-21(36)16(23(38)34(4)5)13-14-8-10-15(11-9-14)19(26)27;3-2(4,5)1(6)7/h8-11,16-18H,6-7,12-13H2,1-5H3,(H3,26,27)(H2,28,35)(H,32,37)(H,33,36)(H4,29,30,31);(H,6,7)/t16?,17-,18?;/m0./s1. The first-order chi connectivity index (χ1) is 20.5. The Morgan fingerprint density at radius 3 is 1.84 bits per heavy atom. The van der Waals surface area contributed by atoms with Gasteiger partial charge in [-0.05, 0) is 30.2 Å². The van der Waals surface area contributed by atoms with Gasteiger partial charge in [-0.2, -0.15) is 13.2 Å². The molecule has 0 aliphatic heterocycles. The van der Waals surface area contributed by atoms with Crippen molar-refractivity contribution in [1.29, 1.82) is 5.41 Å². The van der Waals surface area contributed by atoms with E-state index in [9.17, 15) is 32.3 Å². The van der Waals surface area contributed by atoms with Crippen molar-refractivity contribution in [2.45, 2.75) is 58.3 Å². The van der Waals surface area contributed by atoms with Gasteiger partial charge in [0.2, 0.25) is 23.6 Å². The molecule has 18 heteroatoms. The predicted octanol–water partition coefficient (Wildman–Crippen LogP) is -0.595. The number of aliphatic imine (C=N–C) groups is 1. The van der Waals surface area contributed by atoms with Crippen molar-refractivity contribution in [2.24, 2.45) is 39.3 Å². The molecule has 0 saturated carbocycles. The summed E-state index contributed by atoms with van der Waals surface area (Å²) >= 11 is 0. The number of hydrogen-bond acceptors (Lipinski definition) is 7. The van der Waals surface area contributed by atoms with Gasteiger partial charge in [-0.15, -0.1) is 0 Å². The van der Waals surface area contributed by atoms with Crippen molar-refractivity contribution in [3.8, 4) is 0 Å². The van der Waals surface area contributed by atoms with Gasteiger partial charge in [-0.1, -0.05) is 45.0 Å². The number of alkyl halides is 3. The van der Waals surface area contributed by atoms with Gasteiger partial charge in [-0.25, -0.2) is 4.79 Å². The maximum Gasteiger partial charge on any atom is 0.490 e. The molecule has 3 atom stereocenters. The fourth-order valence-corrected chi connectivity index (χ4v) is 3.62. The molecule has 2 unspecified atom stereocenters. The molecule has 0 radical (unpaired) electrons. The van der Waals surface area contributed by atoms with Crippen molar-refractivity contribution in [2.75, 3.05) is 20.6 Å². The van der Waals surface area contributed by atoms with Crippen molar-refractivity contribution < 1.29 is 42.3 Å². The van der Waals surface area contributed by atoms with E-state index in [0.717, 1.165) is 0 Å². The van der Waals surface area contributed by atoms with Crippen molar-refractivity contribution >= 4 is 41.4 Å². The zero-order chi connectivity index (χ0) is 35.3. The van der Waals surface area contributed by atoms with E-state index >= 15 is 0 Å². The topological polar surface area (TPSA) is 273 Å². The number of nitrogens with zero attached hydrogens (tertiary/aromatic N) is 2. The minimum absolute atomic E-state index is 0.0637. The predicted molar refractivity (Wildman–Crippen MR) is 159 cm³/mol. The first kappa shape index (κ1) is 40.1. The summed E-state index contributed by atoms with van der Waals surface area (Å²) in [5.41, 5.74) is 22.0. The Hall–Kier alpha value is -4.90. The first-order valence-electron chi connectivity index (χ1n) is 13.4. The smallest absolute Gasteiger partial charge is 0.475 e. The van der Waals surface area contributed by atoms with Crippen LogP contribution in [0.25, 0.3) is 0 Å². The third kappa shape index (κ3) is 14.9. The van der Waals surface area contributed by atoms with Gasteiger partial charge < -0.3 is 43.6 Å². The Labute approximate surface area is 258 Å². The van der Waals surface area contributed by atoms with Crippen molar-refractivity contribution in [3.63, 3.8) is 0 Å². The largest absolute Gasteiger partial charge is 0.490 e. The van der Waals surface area contributed by atoms with Crippen molar-refractivity contribution in [3.05, 3.63) is 35.4 Å².